The Morgan fingerprint density at radius 1 is 0.273 bits per heavy atom. The molecule has 1 heterocycles. The summed E-state index contributed by atoms with van der Waals surface area (Å²) in [6, 6.07) is 78.7. The molecule has 1 aromatic heterocycles. The van der Waals surface area contributed by atoms with E-state index in [4.69, 9.17) is 0 Å². The summed E-state index contributed by atoms with van der Waals surface area (Å²) in [5.74, 6) is 0. The lowest BCUT2D eigenvalue weighted by molar-refractivity contribution is 1.28. The molecule has 3 heteroatoms. The maximum Gasteiger partial charge on any atom is 0.0641 e. The second-order valence-electron chi connectivity index (χ2n) is 13.7. The molecule has 2 nitrogen and oxygen atoms in total. The third-order valence-corrected chi connectivity index (χ3v) is 11.7. The third kappa shape index (κ3) is 6.01. The van der Waals surface area contributed by atoms with Crippen molar-refractivity contribution < 1.29 is 0 Å². The molecular formula is C52H36N2S. The first-order chi connectivity index (χ1) is 27.3. The van der Waals surface area contributed by atoms with Crippen LogP contribution in [0.5, 0.6) is 0 Å². The van der Waals surface area contributed by atoms with Crippen molar-refractivity contribution in [3.05, 3.63) is 218 Å². The van der Waals surface area contributed by atoms with Crippen molar-refractivity contribution >= 4 is 76.4 Å². The lowest BCUT2D eigenvalue weighted by Gasteiger charge is -2.30. The maximum atomic E-state index is 2.42. The molecule has 0 fully saturated rings. The lowest BCUT2D eigenvalue weighted by atomic mass is 10.0. The average molecular weight is 721 g/mol. The van der Waals surface area contributed by atoms with Gasteiger partial charge in [0.1, 0.15) is 0 Å². The first-order valence-electron chi connectivity index (χ1n) is 18.7. The van der Waals surface area contributed by atoms with E-state index < -0.39 is 0 Å². The summed E-state index contributed by atoms with van der Waals surface area (Å²) in [5.41, 5.74) is 11.5. The number of thiophene rings is 1. The Bertz CT molecular complexity index is 2890. The molecule has 0 amide bonds. The van der Waals surface area contributed by atoms with Gasteiger partial charge < -0.3 is 9.80 Å². The highest BCUT2D eigenvalue weighted by atomic mass is 32.1. The Balaban J connectivity index is 1.22. The van der Waals surface area contributed by atoms with Crippen LogP contribution in [0.3, 0.4) is 0 Å². The van der Waals surface area contributed by atoms with Crippen molar-refractivity contribution in [1.82, 2.24) is 0 Å². The number of fused-ring (bicyclic) bond motifs is 5. The number of nitrogens with zero attached hydrogens (tertiary/aromatic N) is 2. The van der Waals surface area contributed by atoms with Crippen LogP contribution in [0.4, 0.5) is 34.1 Å². The maximum absolute atomic E-state index is 2.42. The van der Waals surface area contributed by atoms with E-state index in [2.05, 4.69) is 228 Å². The van der Waals surface area contributed by atoms with Crippen LogP contribution in [0.25, 0.3) is 53.2 Å². The van der Waals surface area contributed by atoms with Gasteiger partial charge in [0.15, 0.2) is 0 Å². The summed E-state index contributed by atoms with van der Waals surface area (Å²) in [7, 11) is 0. The monoisotopic (exact) mass is 720 g/mol. The van der Waals surface area contributed by atoms with Crippen molar-refractivity contribution in [2.75, 3.05) is 9.80 Å². The zero-order valence-corrected chi connectivity index (χ0v) is 30.9. The Labute approximate surface area is 325 Å². The van der Waals surface area contributed by atoms with Crippen molar-refractivity contribution in [1.29, 1.82) is 0 Å². The van der Waals surface area contributed by atoms with E-state index in [-0.39, 0.29) is 0 Å². The quantitative estimate of drug-likeness (QED) is 0.154. The normalized spacial score (nSPS) is 11.3. The molecule has 0 bridgehead atoms. The molecule has 55 heavy (non-hydrogen) atoms. The first kappa shape index (κ1) is 32.7. The fourth-order valence-electron chi connectivity index (χ4n) is 7.81. The topological polar surface area (TPSA) is 6.48 Å². The Hall–Kier alpha value is -6.94. The Kier molecular flexibility index (Phi) is 8.40. The number of para-hydroxylation sites is 2. The summed E-state index contributed by atoms with van der Waals surface area (Å²) in [6.07, 6.45) is 0. The minimum Gasteiger partial charge on any atom is -0.310 e. The average Bonchev–Trinajstić information content (AvgIpc) is 3.67. The van der Waals surface area contributed by atoms with Gasteiger partial charge >= 0.3 is 0 Å². The molecule has 0 aliphatic heterocycles. The number of hydrogen-bond acceptors (Lipinski definition) is 3. The smallest absolute Gasteiger partial charge is 0.0641 e. The SMILES string of the molecule is c1ccc(-c2ccc(N(c3ccccc3)c3ccc(N(c4ccccc4)c4ccc(-c5ccccc5)cc4)c4c3sc3c5ccccc5ccc34)cc2)cc1. The van der Waals surface area contributed by atoms with Gasteiger partial charge in [0.2, 0.25) is 0 Å². The van der Waals surface area contributed by atoms with Crippen molar-refractivity contribution in [2.45, 2.75) is 0 Å². The number of benzene rings is 9. The van der Waals surface area contributed by atoms with Gasteiger partial charge in [-0.3, -0.25) is 0 Å². The van der Waals surface area contributed by atoms with Crippen molar-refractivity contribution in [3.8, 4) is 22.3 Å². The van der Waals surface area contributed by atoms with E-state index in [1.807, 2.05) is 11.3 Å². The van der Waals surface area contributed by atoms with E-state index in [1.54, 1.807) is 0 Å². The van der Waals surface area contributed by atoms with Crippen LogP contribution in [0.1, 0.15) is 0 Å². The molecule has 0 unspecified atom stereocenters. The highest BCUT2D eigenvalue weighted by Crippen LogP contribution is 2.52. The largest absolute Gasteiger partial charge is 0.310 e. The van der Waals surface area contributed by atoms with Gasteiger partial charge in [-0.05, 0) is 93.7 Å². The van der Waals surface area contributed by atoms with Gasteiger partial charge in [0, 0.05) is 38.2 Å². The van der Waals surface area contributed by atoms with Crippen LogP contribution < -0.4 is 9.80 Å². The molecule has 260 valence electrons. The van der Waals surface area contributed by atoms with Crippen LogP contribution in [-0.4, -0.2) is 0 Å². The van der Waals surface area contributed by atoms with E-state index in [1.165, 1.54) is 53.2 Å². The van der Waals surface area contributed by atoms with E-state index >= 15 is 0 Å². The summed E-state index contributed by atoms with van der Waals surface area (Å²) in [4.78, 5) is 4.84. The molecule has 10 rings (SSSR count). The third-order valence-electron chi connectivity index (χ3n) is 10.4. The van der Waals surface area contributed by atoms with Gasteiger partial charge in [0.05, 0.1) is 16.1 Å². The molecule has 0 aliphatic rings. The van der Waals surface area contributed by atoms with Crippen molar-refractivity contribution in [3.63, 3.8) is 0 Å². The van der Waals surface area contributed by atoms with Crippen LogP contribution in [0.15, 0.2) is 218 Å². The second-order valence-corrected chi connectivity index (χ2v) is 14.8. The van der Waals surface area contributed by atoms with E-state index in [0.29, 0.717) is 0 Å². The Morgan fingerprint density at radius 3 is 1.24 bits per heavy atom. The molecule has 0 atom stereocenters. The minimum atomic E-state index is 1.11. The minimum absolute atomic E-state index is 1.11. The van der Waals surface area contributed by atoms with E-state index in [0.717, 1.165) is 34.1 Å². The Morgan fingerprint density at radius 2 is 0.691 bits per heavy atom. The second kappa shape index (κ2) is 14.1. The number of anilines is 6. The molecule has 0 saturated carbocycles. The van der Waals surface area contributed by atoms with Crippen LogP contribution in [-0.2, 0) is 0 Å². The summed E-state index contributed by atoms with van der Waals surface area (Å²) in [5, 5.41) is 5.01. The first-order valence-corrected chi connectivity index (χ1v) is 19.5. The molecule has 0 aliphatic carbocycles. The number of hydrogen-bond donors (Lipinski definition) is 0. The van der Waals surface area contributed by atoms with Crippen LogP contribution in [0, 0.1) is 0 Å². The molecular weight excluding hydrogens is 685 g/mol. The van der Waals surface area contributed by atoms with Crippen LogP contribution >= 0.6 is 11.3 Å². The molecule has 0 radical (unpaired) electrons. The zero-order valence-electron chi connectivity index (χ0n) is 30.1. The summed E-state index contributed by atoms with van der Waals surface area (Å²) >= 11 is 1.89. The highest BCUT2D eigenvalue weighted by Gasteiger charge is 2.24. The fraction of sp³-hybridized carbons (Fsp3) is 0. The van der Waals surface area contributed by atoms with Gasteiger partial charge in [0.25, 0.3) is 0 Å². The summed E-state index contributed by atoms with van der Waals surface area (Å²) < 4.78 is 2.53. The molecule has 9 aromatic carbocycles. The fourth-order valence-corrected chi connectivity index (χ4v) is 9.18. The standard InChI is InChI=1S/C52H36N2S/c1-5-15-37(16-6-1)39-25-30-44(31-26-39)53(42-20-9-3-10-21-42)48-35-36-49(52-50(48)47-34-29-41-19-13-14-24-46(41)51(47)55-52)54(43-22-11-4-12-23-43)45-32-27-40(28-33-45)38-17-7-2-8-18-38/h1-36H. The highest BCUT2D eigenvalue weighted by molar-refractivity contribution is 7.27. The van der Waals surface area contributed by atoms with Gasteiger partial charge in [-0.2, -0.15) is 0 Å². The zero-order chi connectivity index (χ0) is 36.6. The number of rotatable bonds is 8. The molecule has 0 N–H and O–H groups in total. The lowest BCUT2D eigenvalue weighted by Crippen LogP contribution is -2.12. The summed E-state index contributed by atoms with van der Waals surface area (Å²) in [6.45, 7) is 0. The van der Waals surface area contributed by atoms with E-state index in [9.17, 15) is 0 Å². The van der Waals surface area contributed by atoms with Gasteiger partial charge in [-0.15, -0.1) is 11.3 Å². The van der Waals surface area contributed by atoms with Gasteiger partial charge in [-0.25, -0.2) is 0 Å². The molecule has 0 saturated heterocycles. The molecule has 0 spiro atoms. The van der Waals surface area contributed by atoms with Crippen molar-refractivity contribution in [2.24, 2.45) is 0 Å². The predicted octanol–water partition coefficient (Wildman–Crippen LogP) is 15.5. The molecule has 10 aromatic rings. The van der Waals surface area contributed by atoms with Gasteiger partial charge in [-0.1, -0.05) is 158 Å². The predicted molar refractivity (Wildman–Crippen MR) is 237 cm³/mol. The van der Waals surface area contributed by atoms with Crippen LogP contribution in [0.2, 0.25) is 0 Å².